The number of pyridine rings is 1. The molecule has 6 heteroatoms. The van der Waals surface area contributed by atoms with Crippen molar-refractivity contribution in [3.63, 3.8) is 0 Å². The third kappa shape index (κ3) is 3.80. The van der Waals surface area contributed by atoms with Crippen molar-refractivity contribution in [2.75, 3.05) is 12.9 Å². The normalized spacial score (nSPS) is 17.5. The zero-order chi connectivity index (χ0) is 17.9. The minimum absolute atomic E-state index is 0.211. The van der Waals surface area contributed by atoms with Gasteiger partial charge >= 0.3 is 0 Å². The number of rotatable bonds is 3. The summed E-state index contributed by atoms with van der Waals surface area (Å²) >= 11 is 1.89. The van der Waals surface area contributed by atoms with E-state index in [1.165, 1.54) is 19.3 Å². The number of methoxy groups -OCH3 is 1. The Kier molecular flexibility index (Phi) is 5.30. The third-order valence-corrected chi connectivity index (χ3v) is 5.41. The van der Waals surface area contributed by atoms with Crippen LogP contribution in [-0.4, -0.2) is 28.9 Å². The highest BCUT2D eigenvalue weighted by Gasteiger charge is 2.36. The molecule has 3 N–H and O–H groups in total. The zero-order valence-corrected chi connectivity index (χ0v) is 15.0. The number of carbonyl (C=O) groups excluding carboxylic acids is 1. The summed E-state index contributed by atoms with van der Waals surface area (Å²) in [6, 6.07) is 7.24. The number of nitrogens with zero attached hydrogens (tertiary/aromatic N) is 1. The maximum absolute atomic E-state index is 11.4. The SMILES string of the molecule is C1=CSCC1.COc1nc2cc(C3(O)CCC3)ccc2cc1C(N)=O. The molecule has 0 saturated heterocycles. The number of carbonyl (C=O) groups is 1. The van der Waals surface area contributed by atoms with E-state index in [4.69, 9.17) is 10.5 Å². The topological polar surface area (TPSA) is 85.4 Å². The molecular weight excluding hydrogens is 336 g/mol. The predicted molar refractivity (Wildman–Crippen MR) is 101 cm³/mol. The number of hydrogen-bond donors (Lipinski definition) is 2. The van der Waals surface area contributed by atoms with Crippen molar-refractivity contribution in [1.29, 1.82) is 0 Å². The molecule has 0 spiro atoms. The van der Waals surface area contributed by atoms with Crippen LogP contribution in [0, 0.1) is 0 Å². The van der Waals surface area contributed by atoms with Crippen molar-refractivity contribution in [2.24, 2.45) is 5.73 Å². The fraction of sp³-hybridized carbons (Fsp3) is 0.368. The van der Waals surface area contributed by atoms with Crippen molar-refractivity contribution in [2.45, 2.75) is 31.3 Å². The average Bonchev–Trinajstić information content (AvgIpc) is 3.17. The molecule has 132 valence electrons. The second kappa shape index (κ2) is 7.45. The fourth-order valence-corrected chi connectivity index (χ4v) is 3.59. The molecule has 0 atom stereocenters. The largest absolute Gasteiger partial charge is 0.480 e. The Balaban J connectivity index is 0.000000314. The minimum atomic E-state index is -0.731. The number of aromatic nitrogens is 1. The van der Waals surface area contributed by atoms with Crippen LogP contribution in [0.4, 0.5) is 0 Å². The van der Waals surface area contributed by atoms with Gasteiger partial charge < -0.3 is 15.6 Å². The summed E-state index contributed by atoms with van der Waals surface area (Å²) in [5, 5.41) is 13.3. The van der Waals surface area contributed by atoms with E-state index < -0.39 is 11.5 Å². The summed E-state index contributed by atoms with van der Waals surface area (Å²) in [6.45, 7) is 0. The maximum Gasteiger partial charge on any atom is 0.254 e. The van der Waals surface area contributed by atoms with Gasteiger partial charge in [0.15, 0.2) is 0 Å². The summed E-state index contributed by atoms with van der Waals surface area (Å²) in [5.41, 5.74) is 6.38. The Morgan fingerprint density at radius 2 is 2.16 bits per heavy atom. The van der Waals surface area contributed by atoms with Crippen LogP contribution < -0.4 is 10.5 Å². The zero-order valence-electron chi connectivity index (χ0n) is 14.2. The number of hydrogen-bond acceptors (Lipinski definition) is 5. The van der Waals surface area contributed by atoms with Gasteiger partial charge in [-0.25, -0.2) is 4.98 Å². The van der Waals surface area contributed by atoms with Gasteiger partial charge in [-0.3, -0.25) is 4.79 Å². The molecule has 1 aromatic heterocycles. The molecule has 0 radical (unpaired) electrons. The molecule has 1 aliphatic carbocycles. The summed E-state index contributed by atoms with van der Waals surface area (Å²) in [5.74, 6) is 0.945. The van der Waals surface area contributed by atoms with Crippen LogP contribution in [-0.2, 0) is 5.60 Å². The predicted octanol–water partition coefficient (Wildman–Crippen LogP) is 3.35. The molecule has 4 rings (SSSR count). The number of amides is 1. The van der Waals surface area contributed by atoms with E-state index in [1.54, 1.807) is 6.07 Å². The van der Waals surface area contributed by atoms with E-state index in [0.717, 1.165) is 30.2 Å². The second-order valence-electron chi connectivity index (χ2n) is 6.23. The standard InChI is InChI=1S/C15H16N2O3.C4H6S/c1-20-14-11(13(16)18)7-9-3-4-10(8-12(9)17-14)15(19)5-2-6-15;1-2-4-5-3-1/h3-4,7-8,19H,2,5-6H2,1H3,(H2,16,18);1,3H,2,4H2. The molecule has 25 heavy (non-hydrogen) atoms. The van der Waals surface area contributed by atoms with Gasteiger partial charge in [-0.15, -0.1) is 11.8 Å². The van der Waals surface area contributed by atoms with E-state index >= 15 is 0 Å². The highest BCUT2D eigenvalue weighted by atomic mass is 32.2. The number of aliphatic hydroxyl groups is 1. The van der Waals surface area contributed by atoms with Crippen molar-refractivity contribution in [1.82, 2.24) is 4.98 Å². The lowest BCUT2D eigenvalue weighted by molar-refractivity contribution is -0.0387. The number of allylic oxidation sites excluding steroid dienone is 1. The lowest BCUT2D eigenvalue weighted by Crippen LogP contribution is -2.33. The van der Waals surface area contributed by atoms with Crippen LogP contribution in [0.3, 0.4) is 0 Å². The molecule has 1 aliphatic heterocycles. The molecule has 0 bridgehead atoms. The first kappa shape index (κ1) is 17.8. The summed E-state index contributed by atoms with van der Waals surface area (Å²) in [6.07, 6.45) is 6.06. The van der Waals surface area contributed by atoms with Crippen molar-refractivity contribution < 1.29 is 14.6 Å². The molecule has 2 heterocycles. The Morgan fingerprint density at radius 3 is 2.64 bits per heavy atom. The molecule has 0 unspecified atom stereocenters. The van der Waals surface area contributed by atoms with Gasteiger partial charge in [0.05, 0.1) is 18.2 Å². The monoisotopic (exact) mass is 358 g/mol. The van der Waals surface area contributed by atoms with Crippen molar-refractivity contribution in [3.8, 4) is 5.88 Å². The summed E-state index contributed by atoms with van der Waals surface area (Å²) < 4.78 is 5.11. The van der Waals surface area contributed by atoms with Gasteiger partial charge in [-0.1, -0.05) is 18.2 Å². The number of thioether (sulfide) groups is 1. The van der Waals surface area contributed by atoms with E-state index in [1.807, 2.05) is 30.0 Å². The number of nitrogens with two attached hydrogens (primary N) is 1. The fourth-order valence-electron chi connectivity index (χ4n) is 2.91. The molecule has 1 saturated carbocycles. The van der Waals surface area contributed by atoms with Crippen LogP contribution in [0.5, 0.6) is 5.88 Å². The highest BCUT2D eigenvalue weighted by Crippen LogP contribution is 2.41. The van der Waals surface area contributed by atoms with Crippen LogP contribution in [0.1, 0.15) is 41.6 Å². The Hall–Kier alpha value is -2.05. The third-order valence-electron chi connectivity index (χ3n) is 4.55. The molecule has 2 aliphatic rings. The Bertz CT molecular complexity index is 810. The smallest absolute Gasteiger partial charge is 0.254 e. The van der Waals surface area contributed by atoms with E-state index in [0.29, 0.717) is 5.52 Å². The average molecular weight is 358 g/mol. The van der Waals surface area contributed by atoms with Gasteiger partial charge in [-0.05, 0) is 48.8 Å². The van der Waals surface area contributed by atoms with Crippen LogP contribution in [0.15, 0.2) is 35.7 Å². The first-order valence-corrected chi connectivity index (χ1v) is 9.36. The van der Waals surface area contributed by atoms with Crippen molar-refractivity contribution >= 4 is 28.6 Å². The van der Waals surface area contributed by atoms with E-state index in [-0.39, 0.29) is 11.4 Å². The van der Waals surface area contributed by atoms with Gasteiger partial charge in [-0.2, -0.15) is 0 Å². The van der Waals surface area contributed by atoms with Crippen LogP contribution >= 0.6 is 11.8 Å². The van der Waals surface area contributed by atoms with Gasteiger partial charge in [0, 0.05) is 11.1 Å². The van der Waals surface area contributed by atoms with E-state index in [9.17, 15) is 9.90 Å². The number of benzene rings is 1. The Morgan fingerprint density at radius 1 is 1.36 bits per heavy atom. The highest BCUT2D eigenvalue weighted by molar-refractivity contribution is 8.02. The first-order valence-electron chi connectivity index (χ1n) is 8.31. The molecule has 5 nitrogen and oxygen atoms in total. The second-order valence-corrected chi connectivity index (χ2v) is 7.25. The number of ether oxygens (including phenoxy) is 1. The van der Waals surface area contributed by atoms with Crippen LogP contribution in [0.25, 0.3) is 10.9 Å². The molecule has 1 fully saturated rings. The summed E-state index contributed by atoms with van der Waals surface area (Å²) in [4.78, 5) is 15.7. The molecule has 2 aromatic rings. The van der Waals surface area contributed by atoms with Crippen LogP contribution in [0.2, 0.25) is 0 Å². The quantitative estimate of drug-likeness (QED) is 0.879. The van der Waals surface area contributed by atoms with Gasteiger partial charge in [0.25, 0.3) is 5.91 Å². The number of primary amides is 1. The lowest BCUT2D eigenvalue weighted by Gasteiger charge is -2.37. The minimum Gasteiger partial charge on any atom is -0.480 e. The van der Waals surface area contributed by atoms with Gasteiger partial charge in [0.1, 0.15) is 5.56 Å². The first-order chi connectivity index (χ1) is 12.0. The maximum atomic E-state index is 11.4. The van der Waals surface area contributed by atoms with Gasteiger partial charge in [0.2, 0.25) is 5.88 Å². The van der Waals surface area contributed by atoms with Crippen molar-refractivity contribution in [3.05, 3.63) is 46.9 Å². The molecular formula is C19H22N2O3S. The lowest BCUT2D eigenvalue weighted by atomic mass is 9.75. The summed E-state index contributed by atoms with van der Waals surface area (Å²) in [7, 11) is 1.45. The molecule has 1 aromatic carbocycles. The molecule has 1 amide bonds. The number of fused-ring (bicyclic) bond motifs is 1. The Labute approximate surface area is 151 Å². The van der Waals surface area contributed by atoms with E-state index in [2.05, 4.69) is 16.5 Å².